The summed E-state index contributed by atoms with van der Waals surface area (Å²) in [4.78, 5) is 0. The molecule has 13 heavy (non-hydrogen) atoms. The molecular formula is C9H13ClN2O. The smallest absolute Gasteiger partial charge is 0.312 e. The minimum absolute atomic E-state index is 0.125. The molecule has 4 heteroatoms. The van der Waals surface area contributed by atoms with E-state index in [1.807, 2.05) is 0 Å². The monoisotopic (exact) mass is 200 g/mol. The lowest BCUT2D eigenvalue weighted by molar-refractivity contribution is 0.316. The molecule has 3 nitrogen and oxygen atoms in total. The Morgan fingerprint density at radius 1 is 1.38 bits per heavy atom. The van der Waals surface area contributed by atoms with E-state index in [4.69, 9.17) is 16.0 Å². The highest BCUT2D eigenvalue weighted by atomic mass is 35.5. The van der Waals surface area contributed by atoms with Crippen molar-refractivity contribution in [2.75, 3.05) is 0 Å². The van der Waals surface area contributed by atoms with Crippen molar-refractivity contribution in [1.82, 2.24) is 10.2 Å². The van der Waals surface area contributed by atoms with Gasteiger partial charge in [0.15, 0.2) is 0 Å². The molecule has 0 bridgehead atoms. The molecule has 1 aliphatic carbocycles. The second-order valence-corrected chi connectivity index (χ2v) is 4.02. The topological polar surface area (TPSA) is 38.9 Å². The molecule has 0 unspecified atom stereocenters. The zero-order valence-electron chi connectivity index (χ0n) is 7.72. The molecule has 1 saturated carbocycles. The van der Waals surface area contributed by atoms with Crippen LogP contribution in [0.2, 0.25) is 5.35 Å². The number of hydrogen-bond acceptors (Lipinski definition) is 3. The first-order valence-electron chi connectivity index (χ1n) is 4.76. The van der Waals surface area contributed by atoms with E-state index in [0.717, 1.165) is 25.2 Å². The first-order chi connectivity index (χ1) is 6.27. The molecule has 1 aliphatic rings. The van der Waals surface area contributed by atoms with Crippen molar-refractivity contribution in [2.45, 2.75) is 44.4 Å². The average molecular weight is 201 g/mol. The minimum atomic E-state index is 0.125. The maximum Gasteiger partial charge on any atom is 0.312 e. The number of aromatic nitrogens is 2. The van der Waals surface area contributed by atoms with Crippen LogP contribution in [-0.4, -0.2) is 10.2 Å². The van der Waals surface area contributed by atoms with Crippen LogP contribution in [0.25, 0.3) is 0 Å². The summed E-state index contributed by atoms with van der Waals surface area (Å²) in [5.74, 6) is 0.734. The lowest BCUT2D eigenvalue weighted by Gasteiger charge is -2.21. The van der Waals surface area contributed by atoms with E-state index in [0.29, 0.717) is 0 Å². The molecule has 0 amide bonds. The van der Waals surface area contributed by atoms with E-state index < -0.39 is 0 Å². The van der Waals surface area contributed by atoms with E-state index in [-0.39, 0.29) is 10.8 Å². The summed E-state index contributed by atoms with van der Waals surface area (Å²) < 4.78 is 5.30. The third-order valence-corrected chi connectivity index (χ3v) is 3.24. The van der Waals surface area contributed by atoms with Gasteiger partial charge in [-0.1, -0.05) is 24.9 Å². The summed E-state index contributed by atoms with van der Waals surface area (Å²) in [6.45, 7) is 2.17. The number of rotatable bonds is 2. The van der Waals surface area contributed by atoms with Gasteiger partial charge in [0.05, 0.1) is 0 Å². The van der Waals surface area contributed by atoms with Gasteiger partial charge in [0.2, 0.25) is 5.89 Å². The fraction of sp³-hybridized carbons (Fsp3) is 0.778. The molecule has 1 aromatic rings. The molecule has 0 spiro atoms. The summed E-state index contributed by atoms with van der Waals surface area (Å²) in [5.41, 5.74) is 0.125. The van der Waals surface area contributed by atoms with Gasteiger partial charge in [-0.3, -0.25) is 0 Å². The standard InChI is InChI=1S/C9H13ClN2O/c1-2-9(5-3-4-6-9)7-11-12-8(10)13-7/h2-6H2,1H3. The Morgan fingerprint density at radius 3 is 2.54 bits per heavy atom. The van der Waals surface area contributed by atoms with Gasteiger partial charge in [-0.25, -0.2) is 0 Å². The van der Waals surface area contributed by atoms with Crippen molar-refractivity contribution in [2.24, 2.45) is 0 Å². The second kappa shape index (κ2) is 3.29. The molecule has 1 aromatic heterocycles. The van der Waals surface area contributed by atoms with Crippen molar-refractivity contribution in [3.8, 4) is 0 Å². The molecule has 2 rings (SSSR count). The zero-order valence-corrected chi connectivity index (χ0v) is 8.47. The van der Waals surface area contributed by atoms with E-state index in [2.05, 4.69) is 17.1 Å². The van der Waals surface area contributed by atoms with Crippen molar-refractivity contribution >= 4 is 11.6 Å². The zero-order chi connectivity index (χ0) is 9.31. The van der Waals surface area contributed by atoms with Gasteiger partial charge in [-0.05, 0) is 30.9 Å². The van der Waals surface area contributed by atoms with E-state index in [9.17, 15) is 0 Å². The van der Waals surface area contributed by atoms with Gasteiger partial charge in [0.1, 0.15) is 0 Å². The summed E-state index contributed by atoms with van der Waals surface area (Å²) in [7, 11) is 0. The third kappa shape index (κ3) is 1.46. The van der Waals surface area contributed by atoms with Gasteiger partial charge < -0.3 is 4.42 Å². The van der Waals surface area contributed by atoms with Gasteiger partial charge in [-0.15, -0.1) is 5.10 Å². The van der Waals surface area contributed by atoms with Crippen LogP contribution < -0.4 is 0 Å². The van der Waals surface area contributed by atoms with Crippen molar-refractivity contribution in [1.29, 1.82) is 0 Å². The summed E-state index contributed by atoms with van der Waals surface area (Å²) in [5, 5.41) is 7.86. The Bertz CT molecular complexity index is 292. The van der Waals surface area contributed by atoms with Crippen LogP contribution >= 0.6 is 11.6 Å². The van der Waals surface area contributed by atoms with Crippen LogP contribution in [0, 0.1) is 0 Å². The molecule has 0 aliphatic heterocycles. The number of nitrogens with zero attached hydrogens (tertiary/aromatic N) is 2. The quantitative estimate of drug-likeness (QED) is 0.737. The van der Waals surface area contributed by atoms with Crippen molar-refractivity contribution < 1.29 is 4.42 Å². The fourth-order valence-corrected chi connectivity index (χ4v) is 2.30. The van der Waals surface area contributed by atoms with Gasteiger partial charge in [0.25, 0.3) is 0 Å². The lowest BCUT2D eigenvalue weighted by Crippen LogP contribution is -2.21. The molecule has 0 N–H and O–H groups in total. The summed E-state index contributed by atoms with van der Waals surface area (Å²) in [6, 6.07) is 0. The van der Waals surface area contributed by atoms with E-state index in [1.54, 1.807) is 0 Å². The van der Waals surface area contributed by atoms with Crippen molar-refractivity contribution in [3.63, 3.8) is 0 Å². The van der Waals surface area contributed by atoms with Crippen LogP contribution in [0.4, 0.5) is 0 Å². The fourth-order valence-electron chi connectivity index (χ4n) is 2.19. The minimum Gasteiger partial charge on any atom is -0.412 e. The molecule has 0 atom stereocenters. The van der Waals surface area contributed by atoms with Gasteiger partial charge in [-0.2, -0.15) is 0 Å². The van der Waals surface area contributed by atoms with Gasteiger partial charge >= 0.3 is 5.35 Å². The molecule has 72 valence electrons. The van der Waals surface area contributed by atoms with Gasteiger partial charge in [0, 0.05) is 5.41 Å². The molecule has 0 radical (unpaired) electrons. The van der Waals surface area contributed by atoms with Crippen LogP contribution in [0.5, 0.6) is 0 Å². The highest BCUT2D eigenvalue weighted by Gasteiger charge is 2.38. The molecule has 1 heterocycles. The van der Waals surface area contributed by atoms with E-state index >= 15 is 0 Å². The Kier molecular flexibility index (Phi) is 2.28. The number of hydrogen-bond donors (Lipinski definition) is 0. The molecule has 0 saturated heterocycles. The Labute approximate surface area is 82.5 Å². The third-order valence-electron chi connectivity index (χ3n) is 3.09. The van der Waals surface area contributed by atoms with Crippen LogP contribution in [0.1, 0.15) is 44.9 Å². The first-order valence-corrected chi connectivity index (χ1v) is 5.14. The second-order valence-electron chi connectivity index (χ2n) is 3.70. The normalized spacial score (nSPS) is 20.8. The lowest BCUT2D eigenvalue weighted by atomic mass is 9.83. The van der Waals surface area contributed by atoms with Crippen LogP contribution in [0.3, 0.4) is 0 Å². The molecule has 1 fully saturated rings. The summed E-state index contributed by atoms with van der Waals surface area (Å²) in [6.07, 6.45) is 5.89. The molecular weight excluding hydrogens is 188 g/mol. The maximum atomic E-state index is 5.62. The average Bonchev–Trinajstić information content (AvgIpc) is 2.73. The predicted molar refractivity (Wildman–Crippen MR) is 49.7 cm³/mol. The largest absolute Gasteiger partial charge is 0.412 e. The van der Waals surface area contributed by atoms with Crippen LogP contribution in [-0.2, 0) is 5.41 Å². The Morgan fingerprint density at radius 2 is 2.08 bits per heavy atom. The van der Waals surface area contributed by atoms with Crippen molar-refractivity contribution in [3.05, 3.63) is 11.2 Å². The highest BCUT2D eigenvalue weighted by molar-refractivity contribution is 6.27. The highest BCUT2D eigenvalue weighted by Crippen LogP contribution is 2.43. The SMILES string of the molecule is CCC1(c2nnc(Cl)o2)CCCC1. The predicted octanol–water partition coefficient (Wildman–Crippen LogP) is 2.94. The van der Waals surface area contributed by atoms with Crippen LogP contribution in [0.15, 0.2) is 4.42 Å². The first kappa shape index (κ1) is 9.00. The maximum absolute atomic E-state index is 5.62. The summed E-state index contributed by atoms with van der Waals surface area (Å²) >= 11 is 5.62. The number of halogens is 1. The molecule has 0 aromatic carbocycles. The van der Waals surface area contributed by atoms with E-state index in [1.165, 1.54) is 12.8 Å². The Balaban J connectivity index is 2.30. The Hall–Kier alpha value is -0.570.